The van der Waals surface area contributed by atoms with Crippen LogP contribution in [0, 0.1) is 0 Å². The molecule has 1 saturated heterocycles. The second kappa shape index (κ2) is 8.75. The summed E-state index contributed by atoms with van der Waals surface area (Å²) in [7, 11) is 5.46. The van der Waals surface area contributed by atoms with Crippen LogP contribution < -0.4 is 5.32 Å². The van der Waals surface area contributed by atoms with Crippen LogP contribution in [0.4, 0.5) is 0 Å². The Bertz CT molecular complexity index is 474. The minimum atomic E-state index is 0.533. The van der Waals surface area contributed by atoms with Gasteiger partial charge in [-0.3, -0.25) is 9.67 Å². The predicted molar refractivity (Wildman–Crippen MR) is 86.2 cm³/mol. The van der Waals surface area contributed by atoms with E-state index in [4.69, 9.17) is 9.47 Å². The topological polar surface area (TPSA) is 63.9 Å². The molecule has 0 aromatic carbocycles. The van der Waals surface area contributed by atoms with E-state index >= 15 is 0 Å². The van der Waals surface area contributed by atoms with Crippen LogP contribution in [0.15, 0.2) is 17.4 Å². The highest BCUT2D eigenvalue weighted by Gasteiger charge is 2.26. The van der Waals surface area contributed by atoms with Crippen LogP contribution in [0.1, 0.15) is 17.9 Å². The first-order chi connectivity index (χ1) is 10.7. The number of ether oxygens (including phenoxy) is 2. The van der Waals surface area contributed by atoms with Crippen molar-refractivity contribution in [2.75, 3.05) is 53.6 Å². The largest absolute Gasteiger partial charge is 0.382 e. The number of aromatic nitrogens is 2. The van der Waals surface area contributed by atoms with Crippen LogP contribution in [0.2, 0.25) is 0 Å². The number of aliphatic imine (C=N–C) groups is 1. The van der Waals surface area contributed by atoms with E-state index in [1.807, 2.05) is 25.0 Å². The van der Waals surface area contributed by atoms with Crippen LogP contribution in [0.5, 0.6) is 0 Å². The van der Waals surface area contributed by atoms with Gasteiger partial charge in [-0.2, -0.15) is 5.10 Å². The first-order valence-corrected chi connectivity index (χ1v) is 7.75. The van der Waals surface area contributed by atoms with Crippen molar-refractivity contribution in [1.29, 1.82) is 0 Å². The zero-order chi connectivity index (χ0) is 15.8. The van der Waals surface area contributed by atoms with Crippen molar-refractivity contribution in [2.45, 2.75) is 12.3 Å². The van der Waals surface area contributed by atoms with Gasteiger partial charge in [0, 0.05) is 53.0 Å². The highest BCUT2D eigenvalue weighted by molar-refractivity contribution is 5.80. The summed E-state index contributed by atoms with van der Waals surface area (Å²) in [6.07, 6.45) is 5.21. The number of nitrogens with one attached hydrogen (secondary N) is 1. The number of hydrogen-bond acceptors (Lipinski definition) is 4. The third-order valence-electron chi connectivity index (χ3n) is 3.86. The molecule has 0 bridgehead atoms. The molecule has 0 spiro atoms. The minimum Gasteiger partial charge on any atom is -0.382 e. The molecule has 2 heterocycles. The Balaban J connectivity index is 1.73. The van der Waals surface area contributed by atoms with Crippen LogP contribution in [-0.2, 0) is 16.5 Å². The first kappa shape index (κ1) is 16.8. The standard InChI is InChI=1S/C15H27N5O2/c1-16-15(17-5-7-22-9-8-21-3)20-6-4-13(12-20)14-10-18-19(2)11-14/h10-11,13H,4-9,12H2,1-3H3,(H,16,17). The highest BCUT2D eigenvalue weighted by Crippen LogP contribution is 2.26. The van der Waals surface area contributed by atoms with E-state index < -0.39 is 0 Å². The highest BCUT2D eigenvalue weighted by atomic mass is 16.5. The average molecular weight is 309 g/mol. The molecule has 0 saturated carbocycles. The van der Waals surface area contributed by atoms with Crippen molar-refractivity contribution < 1.29 is 9.47 Å². The molecule has 7 nitrogen and oxygen atoms in total. The SMILES string of the molecule is CN=C(NCCOCCOC)N1CCC(c2cnn(C)c2)C1. The predicted octanol–water partition coefficient (Wildman–Crippen LogP) is 0.448. The lowest BCUT2D eigenvalue weighted by molar-refractivity contribution is 0.0731. The van der Waals surface area contributed by atoms with Crippen molar-refractivity contribution in [3.8, 4) is 0 Å². The molecular weight excluding hydrogens is 282 g/mol. The van der Waals surface area contributed by atoms with E-state index in [1.54, 1.807) is 7.11 Å². The quantitative estimate of drug-likeness (QED) is 0.450. The fraction of sp³-hybridized carbons (Fsp3) is 0.733. The number of aryl methyl sites for hydroxylation is 1. The molecule has 1 aliphatic rings. The summed E-state index contributed by atoms with van der Waals surface area (Å²) in [4.78, 5) is 6.67. The van der Waals surface area contributed by atoms with Crippen molar-refractivity contribution in [3.05, 3.63) is 18.0 Å². The summed E-state index contributed by atoms with van der Waals surface area (Å²) in [6, 6.07) is 0. The molecular formula is C15H27N5O2. The molecule has 1 aliphatic heterocycles. The van der Waals surface area contributed by atoms with Gasteiger partial charge in [0.15, 0.2) is 5.96 Å². The Labute approximate surface area is 132 Å². The van der Waals surface area contributed by atoms with Gasteiger partial charge in [0.1, 0.15) is 0 Å². The summed E-state index contributed by atoms with van der Waals surface area (Å²) in [6.45, 7) is 4.67. The summed E-state index contributed by atoms with van der Waals surface area (Å²) in [5, 5.41) is 7.62. The molecule has 1 N–H and O–H groups in total. The summed E-state index contributed by atoms with van der Waals surface area (Å²) < 4.78 is 12.3. The number of nitrogens with zero attached hydrogens (tertiary/aromatic N) is 4. The zero-order valence-electron chi connectivity index (χ0n) is 13.8. The maximum absolute atomic E-state index is 5.45. The van der Waals surface area contributed by atoms with Gasteiger partial charge in [-0.25, -0.2) is 0 Å². The van der Waals surface area contributed by atoms with Gasteiger partial charge in [-0.05, 0) is 12.0 Å². The van der Waals surface area contributed by atoms with Gasteiger partial charge in [0.25, 0.3) is 0 Å². The second-order valence-corrected chi connectivity index (χ2v) is 5.46. The van der Waals surface area contributed by atoms with E-state index in [1.165, 1.54) is 5.56 Å². The van der Waals surface area contributed by atoms with Crippen LogP contribution >= 0.6 is 0 Å². The second-order valence-electron chi connectivity index (χ2n) is 5.46. The van der Waals surface area contributed by atoms with Crippen molar-refractivity contribution >= 4 is 5.96 Å². The van der Waals surface area contributed by atoms with Crippen molar-refractivity contribution in [2.24, 2.45) is 12.0 Å². The van der Waals surface area contributed by atoms with Gasteiger partial charge in [-0.15, -0.1) is 0 Å². The van der Waals surface area contributed by atoms with Gasteiger partial charge in [-0.1, -0.05) is 0 Å². The Hall–Kier alpha value is -1.60. The van der Waals surface area contributed by atoms with Crippen LogP contribution in [0.3, 0.4) is 0 Å². The summed E-state index contributed by atoms with van der Waals surface area (Å²) >= 11 is 0. The molecule has 0 amide bonds. The first-order valence-electron chi connectivity index (χ1n) is 7.75. The van der Waals surface area contributed by atoms with E-state index in [0.717, 1.165) is 32.0 Å². The molecule has 22 heavy (non-hydrogen) atoms. The molecule has 1 aromatic rings. The fourth-order valence-corrected chi connectivity index (χ4v) is 2.69. The molecule has 1 fully saturated rings. The smallest absolute Gasteiger partial charge is 0.193 e. The Morgan fingerprint density at radius 3 is 3.00 bits per heavy atom. The van der Waals surface area contributed by atoms with Crippen molar-refractivity contribution in [1.82, 2.24) is 20.0 Å². The fourth-order valence-electron chi connectivity index (χ4n) is 2.69. The van der Waals surface area contributed by atoms with E-state index in [9.17, 15) is 0 Å². The van der Waals surface area contributed by atoms with Gasteiger partial charge >= 0.3 is 0 Å². The summed E-state index contributed by atoms with van der Waals surface area (Å²) in [5.74, 6) is 1.48. The molecule has 7 heteroatoms. The maximum Gasteiger partial charge on any atom is 0.193 e. The van der Waals surface area contributed by atoms with Crippen LogP contribution in [0.25, 0.3) is 0 Å². The Morgan fingerprint density at radius 1 is 1.45 bits per heavy atom. The Morgan fingerprint density at radius 2 is 2.32 bits per heavy atom. The third-order valence-corrected chi connectivity index (χ3v) is 3.86. The van der Waals surface area contributed by atoms with E-state index in [-0.39, 0.29) is 0 Å². The number of methoxy groups -OCH3 is 1. The van der Waals surface area contributed by atoms with Crippen molar-refractivity contribution in [3.63, 3.8) is 0 Å². The number of likely N-dealkylation sites (tertiary alicyclic amines) is 1. The zero-order valence-corrected chi connectivity index (χ0v) is 13.8. The summed E-state index contributed by atoms with van der Waals surface area (Å²) in [5.41, 5.74) is 1.31. The maximum atomic E-state index is 5.45. The Kier molecular flexibility index (Phi) is 6.67. The molecule has 0 radical (unpaired) electrons. The lowest BCUT2D eigenvalue weighted by Gasteiger charge is -2.21. The monoisotopic (exact) mass is 309 g/mol. The minimum absolute atomic E-state index is 0.533. The lowest BCUT2D eigenvalue weighted by Crippen LogP contribution is -2.41. The van der Waals surface area contributed by atoms with Gasteiger partial charge in [0.05, 0.1) is 26.0 Å². The number of hydrogen-bond donors (Lipinski definition) is 1. The average Bonchev–Trinajstić information content (AvgIpc) is 3.15. The van der Waals surface area contributed by atoms with Gasteiger partial charge in [0.2, 0.25) is 0 Å². The van der Waals surface area contributed by atoms with E-state index in [2.05, 4.69) is 26.5 Å². The number of guanidine groups is 1. The van der Waals surface area contributed by atoms with Crippen LogP contribution in [-0.4, -0.2) is 74.3 Å². The molecule has 0 aliphatic carbocycles. The number of rotatable bonds is 7. The lowest BCUT2D eigenvalue weighted by atomic mass is 10.0. The molecule has 1 aromatic heterocycles. The normalized spacial score (nSPS) is 19.0. The third kappa shape index (κ3) is 4.71. The van der Waals surface area contributed by atoms with Gasteiger partial charge < -0.3 is 19.7 Å². The molecule has 1 atom stereocenters. The molecule has 124 valence electrons. The molecule has 1 unspecified atom stereocenters. The molecule has 2 rings (SSSR count). The van der Waals surface area contributed by atoms with E-state index in [0.29, 0.717) is 25.7 Å².